The van der Waals surface area contributed by atoms with E-state index in [0.717, 1.165) is 25.8 Å². The minimum absolute atomic E-state index is 0.195. The third kappa shape index (κ3) is 1.81. The van der Waals surface area contributed by atoms with Gasteiger partial charge < -0.3 is 10.4 Å². The van der Waals surface area contributed by atoms with E-state index >= 15 is 0 Å². The smallest absolute Gasteiger partial charge is 0.0778 e. The van der Waals surface area contributed by atoms with E-state index in [1.165, 1.54) is 5.56 Å². The molecule has 1 aliphatic carbocycles. The fourth-order valence-electron chi connectivity index (χ4n) is 2.08. The van der Waals surface area contributed by atoms with Gasteiger partial charge in [0.05, 0.1) is 18.3 Å². The predicted octanol–water partition coefficient (Wildman–Crippen LogP) is 0.688. The summed E-state index contributed by atoms with van der Waals surface area (Å²) in [7, 11) is 1.92. The second kappa shape index (κ2) is 4.11. The average molecular weight is 195 g/mol. The van der Waals surface area contributed by atoms with Crippen LogP contribution in [0.1, 0.15) is 30.9 Å². The number of nitrogens with zero attached hydrogens (tertiary/aromatic N) is 2. The van der Waals surface area contributed by atoms with Gasteiger partial charge in [-0.2, -0.15) is 5.10 Å². The van der Waals surface area contributed by atoms with Crippen LogP contribution in [-0.4, -0.2) is 28.0 Å². The lowest BCUT2D eigenvalue weighted by atomic mass is 10.2. The van der Waals surface area contributed by atoms with E-state index in [-0.39, 0.29) is 12.1 Å². The molecule has 0 bridgehead atoms. The molecule has 0 spiro atoms. The Balaban J connectivity index is 2.08. The summed E-state index contributed by atoms with van der Waals surface area (Å²) in [5.41, 5.74) is 1.17. The first kappa shape index (κ1) is 9.68. The number of hydrogen-bond donors (Lipinski definition) is 2. The predicted molar refractivity (Wildman–Crippen MR) is 53.9 cm³/mol. The lowest BCUT2D eigenvalue weighted by Crippen LogP contribution is -2.18. The lowest BCUT2D eigenvalue weighted by Gasteiger charge is -2.14. The molecule has 0 saturated heterocycles. The molecule has 0 radical (unpaired) electrons. The van der Waals surface area contributed by atoms with Crippen LogP contribution in [0.2, 0.25) is 0 Å². The minimum Gasteiger partial charge on any atom is -0.391 e. The number of nitrogens with one attached hydrogen (secondary N) is 1. The van der Waals surface area contributed by atoms with E-state index in [1.807, 2.05) is 24.1 Å². The molecule has 1 fully saturated rings. The molecule has 1 aromatic rings. The number of aliphatic hydroxyl groups excluding tert-OH is 1. The second-order valence-electron chi connectivity index (χ2n) is 3.92. The number of hydrogen-bond acceptors (Lipinski definition) is 3. The molecular weight excluding hydrogens is 178 g/mol. The molecule has 0 amide bonds. The van der Waals surface area contributed by atoms with Gasteiger partial charge in [-0.15, -0.1) is 0 Å². The largest absolute Gasteiger partial charge is 0.391 e. The van der Waals surface area contributed by atoms with Crippen molar-refractivity contribution in [1.29, 1.82) is 0 Å². The molecule has 2 rings (SSSR count). The Morgan fingerprint density at radius 2 is 2.50 bits per heavy atom. The zero-order valence-electron chi connectivity index (χ0n) is 8.48. The highest BCUT2D eigenvalue weighted by Crippen LogP contribution is 2.29. The Hall–Kier alpha value is -0.870. The van der Waals surface area contributed by atoms with Gasteiger partial charge in [0.25, 0.3) is 0 Å². The van der Waals surface area contributed by atoms with Crippen molar-refractivity contribution in [2.45, 2.75) is 38.0 Å². The van der Waals surface area contributed by atoms with Crippen LogP contribution in [0.25, 0.3) is 0 Å². The van der Waals surface area contributed by atoms with Crippen molar-refractivity contribution in [2.75, 3.05) is 7.05 Å². The molecule has 1 aromatic heterocycles. The summed E-state index contributed by atoms with van der Waals surface area (Å²) in [6.07, 6.45) is 6.73. The van der Waals surface area contributed by atoms with Gasteiger partial charge in [-0.1, -0.05) is 0 Å². The Bertz CT molecular complexity index is 297. The van der Waals surface area contributed by atoms with Gasteiger partial charge >= 0.3 is 0 Å². The molecule has 1 heterocycles. The van der Waals surface area contributed by atoms with Gasteiger partial charge in [-0.05, 0) is 26.3 Å². The summed E-state index contributed by atoms with van der Waals surface area (Å²) in [6, 6.07) is 0.195. The lowest BCUT2D eigenvalue weighted by molar-refractivity contribution is 0.130. The SMILES string of the molecule is CNCc1cnn(C2CCCC2O)c1. The standard InChI is InChI=1S/C10H17N3O/c1-11-5-8-6-12-13(7-8)9-3-2-4-10(9)14/h6-7,9-11,14H,2-5H2,1H3. The fourth-order valence-corrected chi connectivity index (χ4v) is 2.08. The van der Waals surface area contributed by atoms with Gasteiger partial charge in [0.2, 0.25) is 0 Å². The molecule has 2 N–H and O–H groups in total. The fraction of sp³-hybridized carbons (Fsp3) is 0.700. The first-order valence-corrected chi connectivity index (χ1v) is 5.17. The third-order valence-electron chi connectivity index (χ3n) is 2.82. The molecule has 0 aromatic carbocycles. The highest BCUT2D eigenvalue weighted by atomic mass is 16.3. The molecule has 2 atom stereocenters. The first-order chi connectivity index (χ1) is 6.81. The molecular formula is C10H17N3O. The van der Waals surface area contributed by atoms with Gasteiger partial charge in [-0.3, -0.25) is 4.68 Å². The summed E-state index contributed by atoms with van der Waals surface area (Å²) in [4.78, 5) is 0. The van der Waals surface area contributed by atoms with Crippen LogP contribution in [0.3, 0.4) is 0 Å². The zero-order chi connectivity index (χ0) is 9.97. The summed E-state index contributed by atoms with van der Waals surface area (Å²) in [5.74, 6) is 0. The van der Waals surface area contributed by atoms with E-state index in [2.05, 4.69) is 10.4 Å². The van der Waals surface area contributed by atoms with E-state index in [1.54, 1.807) is 0 Å². The Kier molecular flexibility index (Phi) is 2.84. The summed E-state index contributed by atoms with van der Waals surface area (Å²) >= 11 is 0. The van der Waals surface area contributed by atoms with E-state index in [9.17, 15) is 5.11 Å². The minimum atomic E-state index is -0.211. The first-order valence-electron chi connectivity index (χ1n) is 5.17. The summed E-state index contributed by atoms with van der Waals surface area (Å²) < 4.78 is 1.91. The molecule has 2 unspecified atom stereocenters. The number of aromatic nitrogens is 2. The van der Waals surface area contributed by atoms with Crippen LogP contribution in [0.15, 0.2) is 12.4 Å². The van der Waals surface area contributed by atoms with Crippen molar-refractivity contribution < 1.29 is 5.11 Å². The van der Waals surface area contributed by atoms with E-state index in [0.29, 0.717) is 0 Å². The maximum absolute atomic E-state index is 9.71. The summed E-state index contributed by atoms with van der Waals surface area (Å²) in [6.45, 7) is 0.836. The molecule has 0 aliphatic heterocycles. The van der Waals surface area contributed by atoms with Crippen LogP contribution in [0.4, 0.5) is 0 Å². The van der Waals surface area contributed by atoms with Crippen molar-refractivity contribution in [1.82, 2.24) is 15.1 Å². The van der Waals surface area contributed by atoms with Gasteiger partial charge in [-0.25, -0.2) is 0 Å². The van der Waals surface area contributed by atoms with Crippen LogP contribution in [0, 0.1) is 0 Å². The van der Waals surface area contributed by atoms with Crippen LogP contribution in [-0.2, 0) is 6.54 Å². The van der Waals surface area contributed by atoms with Gasteiger partial charge in [0.1, 0.15) is 0 Å². The van der Waals surface area contributed by atoms with Crippen molar-refractivity contribution in [3.63, 3.8) is 0 Å². The molecule has 4 heteroatoms. The van der Waals surface area contributed by atoms with Gasteiger partial charge in [0.15, 0.2) is 0 Å². The van der Waals surface area contributed by atoms with Crippen molar-refractivity contribution in [3.05, 3.63) is 18.0 Å². The van der Waals surface area contributed by atoms with E-state index < -0.39 is 0 Å². The Labute approximate surface area is 83.9 Å². The number of aliphatic hydroxyl groups is 1. The highest BCUT2D eigenvalue weighted by Gasteiger charge is 2.27. The molecule has 4 nitrogen and oxygen atoms in total. The quantitative estimate of drug-likeness (QED) is 0.746. The summed E-state index contributed by atoms with van der Waals surface area (Å²) in [5, 5.41) is 17.1. The zero-order valence-corrected chi connectivity index (χ0v) is 8.48. The maximum atomic E-state index is 9.71. The van der Waals surface area contributed by atoms with Crippen molar-refractivity contribution >= 4 is 0 Å². The third-order valence-corrected chi connectivity index (χ3v) is 2.82. The monoisotopic (exact) mass is 195 g/mol. The second-order valence-corrected chi connectivity index (χ2v) is 3.92. The van der Waals surface area contributed by atoms with Crippen LogP contribution in [0.5, 0.6) is 0 Å². The Morgan fingerprint density at radius 3 is 3.14 bits per heavy atom. The highest BCUT2D eigenvalue weighted by molar-refractivity contribution is 5.04. The molecule has 14 heavy (non-hydrogen) atoms. The van der Waals surface area contributed by atoms with Crippen molar-refractivity contribution in [3.8, 4) is 0 Å². The van der Waals surface area contributed by atoms with Crippen LogP contribution < -0.4 is 5.32 Å². The maximum Gasteiger partial charge on any atom is 0.0778 e. The Morgan fingerprint density at radius 1 is 1.64 bits per heavy atom. The van der Waals surface area contributed by atoms with Crippen molar-refractivity contribution in [2.24, 2.45) is 0 Å². The molecule has 78 valence electrons. The van der Waals surface area contributed by atoms with Crippen LogP contribution >= 0.6 is 0 Å². The average Bonchev–Trinajstić information content (AvgIpc) is 2.74. The van der Waals surface area contributed by atoms with Gasteiger partial charge in [0, 0.05) is 18.3 Å². The topological polar surface area (TPSA) is 50.1 Å². The molecule has 1 aliphatic rings. The molecule has 1 saturated carbocycles. The normalized spacial score (nSPS) is 27.0. The van der Waals surface area contributed by atoms with E-state index in [4.69, 9.17) is 0 Å². The number of rotatable bonds is 3.